The Morgan fingerprint density at radius 2 is 1.88 bits per heavy atom. The van der Waals surface area contributed by atoms with Crippen molar-refractivity contribution in [1.82, 2.24) is 14.9 Å². The van der Waals surface area contributed by atoms with Crippen LogP contribution in [0.2, 0.25) is 0 Å². The van der Waals surface area contributed by atoms with Crippen LogP contribution in [-0.4, -0.2) is 29.1 Å². The van der Waals surface area contributed by atoms with Gasteiger partial charge in [-0.05, 0) is 18.6 Å². The topological polar surface area (TPSA) is 56.1 Å². The number of carbonyl (C=O) groups excluding carboxylic acids is 1. The summed E-state index contributed by atoms with van der Waals surface area (Å²) in [6.07, 6.45) is 4.58. The standard InChI is InChI=1S/C20H21N3O2/c1-25-18-11-6-5-10-17(18)20(24)22-12-7-14-23-15-13-21-19(23)16-8-3-2-4-9-16/h2-6,8-11,13,15H,7,12,14H2,1H3,(H,22,24). The van der Waals surface area contributed by atoms with Gasteiger partial charge in [-0.1, -0.05) is 42.5 Å². The molecule has 0 saturated heterocycles. The van der Waals surface area contributed by atoms with Gasteiger partial charge in [0, 0.05) is 31.0 Å². The second-order valence-electron chi connectivity index (χ2n) is 5.62. The van der Waals surface area contributed by atoms with E-state index in [1.54, 1.807) is 25.4 Å². The summed E-state index contributed by atoms with van der Waals surface area (Å²) in [5.41, 5.74) is 1.64. The molecule has 128 valence electrons. The van der Waals surface area contributed by atoms with E-state index in [1.165, 1.54) is 0 Å². The average Bonchev–Trinajstić information content (AvgIpc) is 3.14. The Bertz CT molecular complexity index is 828. The number of ether oxygens (including phenoxy) is 1. The average molecular weight is 335 g/mol. The van der Waals surface area contributed by atoms with Crippen LogP contribution >= 0.6 is 0 Å². The van der Waals surface area contributed by atoms with Crippen LogP contribution in [0.5, 0.6) is 5.75 Å². The van der Waals surface area contributed by atoms with Gasteiger partial charge in [-0.2, -0.15) is 0 Å². The normalized spacial score (nSPS) is 10.4. The first kappa shape index (κ1) is 16.8. The molecule has 0 saturated carbocycles. The molecule has 0 aliphatic heterocycles. The highest BCUT2D eigenvalue weighted by Crippen LogP contribution is 2.18. The zero-order valence-electron chi connectivity index (χ0n) is 14.2. The molecular formula is C20H21N3O2. The molecule has 25 heavy (non-hydrogen) atoms. The van der Waals surface area contributed by atoms with Crippen molar-refractivity contribution in [2.75, 3.05) is 13.7 Å². The van der Waals surface area contributed by atoms with Crippen LogP contribution in [0.25, 0.3) is 11.4 Å². The summed E-state index contributed by atoms with van der Waals surface area (Å²) >= 11 is 0. The molecule has 5 nitrogen and oxygen atoms in total. The molecule has 0 unspecified atom stereocenters. The van der Waals surface area contributed by atoms with Crippen LogP contribution in [-0.2, 0) is 6.54 Å². The number of hydrogen-bond acceptors (Lipinski definition) is 3. The summed E-state index contributed by atoms with van der Waals surface area (Å²) in [5, 5.41) is 2.94. The fraction of sp³-hybridized carbons (Fsp3) is 0.200. The highest BCUT2D eigenvalue weighted by Gasteiger charge is 2.10. The Kier molecular flexibility index (Phi) is 5.46. The van der Waals surface area contributed by atoms with Gasteiger partial charge in [0.1, 0.15) is 11.6 Å². The molecule has 0 atom stereocenters. The van der Waals surface area contributed by atoms with E-state index in [0.717, 1.165) is 24.4 Å². The van der Waals surface area contributed by atoms with Gasteiger partial charge in [0.05, 0.1) is 12.7 Å². The van der Waals surface area contributed by atoms with Crippen molar-refractivity contribution in [2.24, 2.45) is 0 Å². The molecule has 3 rings (SSSR count). The second kappa shape index (κ2) is 8.15. The quantitative estimate of drug-likeness (QED) is 0.674. The van der Waals surface area contributed by atoms with Crippen molar-refractivity contribution < 1.29 is 9.53 Å². The third kappa shape index (κ3) is 4.07. The lowest BCUT2D eigenvalue weighted by atomic mass is 10.2. The number of carbonyl (C=O) groups is 1. The minimum Gasteiger partial charge on any atom is -0.496 e. The molecule has 0 bridgehead atoms. The summed E-state index contributed by atoms with van der Waals surface area (Å²) in [6, 6.07) is 17.3. The van der Waals surface area contributed by atoms with E-state index in [4.69, 9.17) is 4.74 Å². The molecule has 0 aliphatic carbocycles. The number of hydrogen-bond donors (Lipinski definition) is 1. The Hall–Kier alpha value is -3.08. The number of benzene rings is 2. The number of nitrogens with zero attached hydrogens (tertiary/aromatic N) is 2. The fourth-order valence-electron chi connectivity index (χ4n) is 2.72. The number of amides is 1. The fourth-order valence-corrected chi connectivity index (χ4v) is 2.72. The highest BCUT2D eigenvalue weighted by atomic mass is 16.5. The zero-order chi connectivity index (χ0) is 17.5. The maximum absolute atomic E-state index is 12.3. The van der Waals surface area contributed by atoms with Gasteiger partial charge in [-0.15, -0.1) is 0 Å². The van der Waals surface area contributed by atoms with E-state index in [-0.39, 0.29) is 5.91 Å². The smallest absolute Gasteiger partial charge is 0.255 e. The van der Waals surface area contributed by atoms with E-state index >= 15 is 0 Å². The molecular weight excluding hydrogens is 314 g/mol. The van der Waals surface area contributed by atoms with E-state index in [1.807, 2.05) is 48.7 Å². The van der Waals surface area contributed by atoms with Gasteiger partial charge in [-0.25, -0.2) is 4.98 Å². The summed E-state index contributed by atoms with van der Waals surface area (Å²) in [5.74, 6) is 1.41. The molecule has 1 heterocycles. The number of para-hydroxylation sites is 1. The first-order chi connectivity index (χ1) is 12.3. The number of aromatic nitrogens is 2. The third-order valence-electron chi connectivity index (χ3n) is 3.96. The molecule has 2 aromatic carbocycles. The highest BCUT2D eigenvalue weighted by molar-refractivity contribution is 5.96. The summed E-state index contributed by atoms with van der Waals surface area (Å²) in [6.45, 7) is 1.37. The molecule has 3 aromatic rings. The van der Waals surface area contributed by atoms with Crippen LogP contribution in [0.15, 0.2) is 67.0 Å². The van der Waals surface area contributed by atoms with Crippen molar-refractivity contribution in [2.45, 2.75) is 13.0 Å². The zero-order valence-corrected chi connectivity index (χ0v) is 14.2. The number of rotatable bonds is 7. The predicted octanol–water partition coefficient (Wildman–Crippen LogP) is 3.38. The summed E-state index contributed by atoms with van der Waals surface area (Å²) < 4.78 is 7.32. The van der Waals surface area contributed by atoms with E-state index < -0.39 is 0 Å². The van der Waals surface area contributed by atoms with Crippen molar-refractivity contribution in [3.63, 3.8) is 0 Å². The van der Waals surface area contributed by atoms with Crippen LogP contribution < -0.4 is 10.1 Å². The Morgan fingerprint density at radius 3 is 2.68 bits per heavy atom. The Labute approximate surface area is 147 Å². The van der Waals surface area contributed by atoms with Crippen LogP contribution in [0.4, 0.5) is 0 Å². The summed E-state index contributed by atoms with van der Waals surface area (Å²) in [7, 11) is 1.57. The monoisotopic (exact) mass is 335 g/mol. The van der Waals surface area contributed by atoms with Crippen molar-refractivity contribution in [3.8, 4) is 17.1 Å². The number of methoxy groups -OCH3 is 1. The largest absolute Gasteiger partial charge is 0.496 e. The van der Waals surface area contributed by atoms with Crippen LogP contribution in [0.3, 0.4) is 0 Å². The maximum Gasteiger partial charge on any atom is 0.255 e. The van der Waals surface area contributed by atoms with Crippen molar-refractivity contribution in [1.29, 1.82) is 0 Å². The maximum atomic E-state index is 12.3. The number of imidazole rings is 1. The molecule has 0 radical (unpaired) electrons. The first-order valence-corrected chi connectivity index (χ1v) is 8.27. The van der Waals surface area contributed by atoms with Crippen molar-refractivity contribution in [3.05, 3.63) is 72.6 Å². The first-order valence-electron chi connectivity index (χ1n) is 8.27. The van der Waals surface area contributed by atoms with Gasteiger partial charge in [-0.3, -0.25) is 4.79 Å². The second-order valence-corrected chi connectivity index (χ2v) is 5.62. The van der Waals surface area contributed by atoms with E-state index in [0.29, 0.717) is 17.9 Å². The van der Waals surface area contributed by atoms with Crippen LogP contribution in [0, 0.1) is 0 Å². The molecule has 1 N–H and O–H groups in total. The minimum atomic E-state index is -0.119. The molecule has 1 amide bonds. The molecule has 0 fully saturated rings. The van der Waals surface area contributed by atoms with Crippen molar-refractivity contribution >= 4 is 5.91 Å². The number of nitrogens with one attached hydrogen (secondary N) is 1. The van der Waals surface area contributed by atoms with Gasteiger partial charge < -0.3 is 14.6 Å². The van der Waals surface area contributed by atoms with Gasteiger partial charge in [0.2, 0.25) is 0 Å². The summed E-state index contributed by atoms with van der Waals surface area (Å²) in [4.78, 5) is 16.7. The Morgan fingerprint density at radius 1 is 1.12 bits per heavy atom. The Balaban J connectivity index is 1.54. The van der Waals surface area contributed by atoms with E-state index in [9.17, 15) is 4.79 Å². The van der Waals surface area contributed by atoms with E-state index in [2.05, 4.69) is 14.9 Å². The van der Waals surface area contributed by atoms with Gasteiger partial charge in [0.25, 0.3) is 5.91 Å². The third-order valence-corrected chi connectivity index (χ3v) is 3.96. The molecule has 0 aliphatic rings. The van der Waals surface area contributed by atoms with Crippen LogP contribution in [0.1, 0.15) is 16.8 Å². The lowest BCUT2D eigenvalue weighted by Gasteiger charge is -2.10. The molecule has 0 spiro atoms. The molecule has 1 aromatic heterocycles. The predicted molar refractivity (Wildman–Crippen MR) is 97.6 cm³/mol. The lowest BCUT2D eigenvalue weighted by Crippen LogP contribution is -2.25. The lowest BCUT2D eigenvalue weighted by molar-refractivity contribution is 0.0949. The minimum absolute atomic E-state index is 0.119. The molecule has 5 heteroatoms. The van der Waals surface area contributed by atoms with Gasteiger partial charge >= 0.3 is 0 Å². The SMILES string of the molecule is COc1ccccc1C(=O)NCCCn1ccnc1-c1ccccc1. The number of aryl methyl sites for hydroxylation is 1. The van der Waals surface area contributed by atoms with Gasteiger partial charge in [0.15, 0.2) is 0 Å².